The van der Waals surface area contributed by atoms with E-state index in [0.717, 1.165) is 19.5 Å². The minimum Gasteiger partial charge on any atom is -0.480 e. The molecular formula is C8H15NO2. The van der Waals surface area contributed by atoms with Gasteiger partial charge >= 0.3 is 5.97 Å². The van der Waals surface area contributed by atoms with E-state index in [2.05, 4.69) is 6.58 Å². The first-order valence-corrected chi connectivity index (χ1v) is 3.75. The van der Waals surface area contributed by atoms with Gasteiger partial charge in [-0.1, -0.05) is 13.0 Å². The predicted octanol–water partition coefficient (Wildman–Crippen LogP) is 0.969. The van der Waals surface area contributed by atoms with Crippen LogP contribution >= 0.6 is 0 Å². The van der Waals surface area contributed by atoms with Crippen molar-refractivity contribution in [1.29, 1.82) is 0 Å². The number of likely N-dealkylation sites (N-methyl/N-ethyl adjacent to an activating group) is 1. The molecule has 3 nitrogen and oxygen atoms in total. The van der Waals surface area contributed by atoms with Gasteiger partial charge in [0.25, 0.3) is 0 Å². The molecule has 0 spiro atoms. The number of nitrogens with zero attached hydrogens (tertiary/aromatic N) is 1. The highest BCUT2D eigenvalue weighted by atomic mass is 16.4. The van der Waals surface area contributed by atoms with Crippen LogP contribution in [-0.4, -0.2) is 35.6 Å². The second-order valence-electron chi connectivity index (χ2n) is 2.34. The third-order valence-electron chi connectivity index (χ3n) is 1.46. The Morgan fingerprint density at radius 2 is 2.36 bits per heavy atom. The molecule has 3 heteroatoms. The Labute approximate surface area is 67.3 Å². The SMILES string of the molecule is C=CCCN(CC)CC(=O)O. The van der Waals surface area contributed by atoms with E-state index < -0.39 is 5.97 Å². The van der Waals surface area contributed by atoms with Crippen LogP contribution in [0.25, 0.3) is 0 Å². The molecule has 0 aliphatic heterocycles. The van der Waals surface area contributed by atoms with Crippen molar-refractivity contribution in [2.45, 2.75) is 13.3 Å². The van der Waals surface area contributed by atoms with Gasteiger partial charge in [0.1, 0.15) is 0 Å². The summed E-state index contributed by atoms with van der Waals surface area (Å²) < 4.78 is 0. The van der Waals surface area contributed by atoms with Gasteiger partial charge in [-0.3, -0.25) is 9.69 Å². The van der Waals surface area contributed by atoms with Crippen molar-refractivity contribution in [3.8, 4) is 0 Å². The summed E-state index contributed by atoms with van der Waals surface area (Å²) in [7, 11) is 0. The molecule has 0 radical (unpaired) electrons. The maximum absolute atomic E-state index is 10.3. The quantitative estimate of drug-likeness (QED) is 0.584. The molecule has 0 heterocycles. The van der Waals surface area contributed by atoms with E-state index in [4.69, 9.17) is 5.11 Å². The van der Waals surface area contributed by atoms with Gasteiger partial charge in [0.2, 0.25) is 0 Å². The van der Waals surface area contributed by atoms with Gasteiger partial charge in [-0.15, -0.1) is 6.58 Å². The highest BCUT2D eigenvalue weighted by Gasteiger charge is 2.04. The number of carbonyl (C=O) groups is 1. The molecule has 0 saturated carbocycles. The normalized spacial score (nSPS) is 10.0. The van der Waals surface area contributed by atoms with E-state index in [1.165, 1.54) is 0 Å². The van der Waals surface area contributed by atoms with Crippen LogP contribution in [0, 0.1) is 0 Å². The van der Waals surface area contributed by atoms with Crippen molar-refractivity contribution in [2.75, 3.05) is 19.6 Å². The number of carboxylic acid groups (broad SMARTS) is 1. The molecule has 0 aliphatic rings. The highest BCUT2D eigenvalue weighted by molar-refractivity contribution is 5.69. The molecule has 0 aromatic rings. The zero-order valence-electron chi connectivity index (χ0n) is 6.92. The third kappa shape index (κ3) is 5.61. The summed E-state index contributed by atoms with van der Waals surface area (Å²) in [6.07, 6.45) is 2.64. The van der Waals surface area contributed by atoms with E-state index in [1.54, 1.807) is 6.08 Å². The summed E-state index contributed by atoms with van der Waals surface area (Å²) in [4.78, 5) is 12.1. The van der Waals surface area contributed by atoms with E-state index in [1.807, 2.05) is 11.8 Å². The monoisotopic (exact) mass is 157 g/mol. The van der Waals surface area contributed by atoms with Crippen molar-refractivity contribution in [3.63, 3.8) is 0 Å². The molecule has 0 aliphatic carbocycles. The molecule has 11 heavy (non-hydrogen) atoms. The number of carboxylic acids is 1. The van der Waals surface area contributed by atoms with E-state index in [0.29, 0.717) is 0 Å². The summed E-state index contributed by atoms with van der Waals surface area (Å²) >= 11 is 0. The van der Waals surface area contributed by atoms with Crippen LogP contribution in [-0.2, 0) is 4.79 Å². The largest absolute Gasteiger partial charge is 0.480 e. The fourth-order valence-corrected chi connectivity index (χ4v) is 0.814. The molecule has 0 bridgehead atoms. The molecule has 64 valence electrons. The van der Waals surface area contributed by atoms with E-state index >= 15 is 0 Å². The second-order valence-corrected chi connectivity index (χ2v) is 2.34. The fourth-order valence-electron chi connectivity index (χ4n) is 0.814. The van der Waals surface area contributed by atoms with Gasteiger partial charge in [-0.25, -0.2) is 0 Å². The number of hydrogen-bond acceptors (Lipinski definition) is 2. The van der Waals surface area contributed by atoms with Crippen LogP contribution < -0.4 is 0 Å². The maximum atomic E-state index is 10.3. The van der Waals surface area contributed by atoms with Gasteiger partial charge in [-0.2, -0.15) is 0 Å². The summed E-state index contributed by atoms with van der Waals surface area (Å²) in [5.74, 6) is -0.768. The van der Waals surface area contributed by atoms with Gasteiger partial charge in [0.05, 0.1) is 6.54 Å². The lowest BCUT2D eigenvalue weighted by molar-refractivity contribution is -0.138. The maximum Gasteiger partial charge on any atom is 0.317 e. The van der Waals surface area contributed by atoms with Crippen molar-refractivity contribution >= 4 is 5.97 Å². The topological polar surface area (TPSA) is 40.5 Å². The molecule has 1 N–H and O–H groups in total. The average Bonchev–Trinajstić information content (AvgIpc) is 1.97. The first-order chi connectivity index (χ1) is 5.20. The van der Waals surface area contributed by atoms with Crippen molar-refractivity contribution in [2.24, 2.45) is 0 Å². The van der Waals surface area contributed by atoms with Gasteiger partial charge < -0.3 is 5.11 Å². The molecule has 0 saturated heterocycles. The zero-order chi connectivity index (χ0) is 8.69. The van der Waals surface area contributed by atoms with Crippen LogP contribution in [0.1, 0.15) is 13.3 Å². The number of hydrogen-bond donors (Lipinski definition) is 1. The summed E-state index contributed by atoms with van der Waals surface area (Å²) in [6, 6.07) is 0. The van der Waals surface area contributed by atoms with Crippen LogP contribution in [0.15, 0.2) is 12.7 Å². The smallest absolute Gasteiger partial charge is 0.317 e. The molecule has 0 aromatic heterocycles. The first-order valence-electron chi connectivity index (χ1n) is 3.75. The lowest BCUT2D eigenvalue weighted by Gasteiger charge is -2.16. The summed E-state index contributed by atoms with van der Waals surface area (Å²) in [5, 5.41) is 8.45. The highest BCUT2D eigenvalue weighted by Crippen LogP contribution is 1.90. The zero-order valence-corrected chi connectivity index (χ0v) is 6.92. The number of aliphatic carboxylic acids is 1. The van der Waals surface area contributed by atoms with Crippen LogP contribution in [0.2, 0.25) is 0 Å². The lowest BCUT2D eigenvalue weighted by Crippen LogP contribution is -2.30. The van der Waals surface area contributed by atoms with Crippen molar-refractivity contribution < 1.29 is 9.90 Å². The molecule has 0 atom stereocenters. The van der Waals surface area contributed by atoms with Gasteiger partial charge in [0, 0.05) is 6.54 Å². The first kappa shape index (κ1) is 10.2. The Kier molecular flexibility index (Phi) is 5.47. The minimum absolute atomic E-state index is 0.129. The van der Waals surface area contributed by atoms with Crippen molar-refractivity contribution in [3.05, 3.63) is 12.7 Å². The lowest BCUT2D eigenvalue weighted by atomic mass is 10.3. The van der Waals surface area contributed by atoms with Crippen LogP contribution in [0.5, 0.6) is 0 Å². The summed E-state index contributed by atoms with van der Waals surface area (Å²) in [6.45, 7) is 7.21. The molecule has 0 fully saturated rings. The molecule has 0 aromatic carbocycles. The van der Waals surface area contributed by atoms with E-state index in [-0.39, 0.29) is 6.54 Å². The standard InChI is InChI=1S/C8H15NO2/c1-3-5-6-9(4-2)7-8(10)11/h3H,1,4-7H2,2H3,(H,10,11). The third-order valence-corrected chi connectivity index (χ3v) is 1.46. The predicted molar refractivity (Wildman–Crippen MR) is 44.6 cm³/mol. The Balaban J connectivity index is 3.57. The second kappa shape index (κ2) is 5.92. The van der Waals surface area contributed by atoms with Crippen molar-refractivity contribution in [1.82, 2.24) is 4.90 Å². The Morgan fingerprint density at radius 3 is 2.73 bits per heavy atom. The fraction of sp³-hybridized carbons (Fsp3) is 0.625. The van der Waals surface area contributed by atoms with Crippen LogP contribution in [0.3, 0.4) is 0 Å². The van der Waals surface area contributed by atoms with E-state index in [9.17, 15) is 4.79 Å². The van der Waals surface area contributed by atoms with Gasteiger partial charge in [-0.05, 0) is 13.0 Å². The average molecular weight is 157 g/mol. The Morgan fingerprint density at radius 1 is 1.73 bits per heavy atom. The Bertz CT molecular complexity index is 134. The van der Waals surface area contributed by atoms with Crippen LogP contribution in [0.4, 0.5) is 0 Å². The molecule has 0 unspecified atom stereocenters. The number of rotatable bonds is 6. The minimum atomic E-state index is -0.768. The molecule has 0 rings (SSSR count). The Hall–Kier alpha value is -0.830. The molecule has 0 amide bonds. The molecular weight excluding hydrogens is 142 g/mol. The van der Waals surface area contributed by atoms with Gasteiger partial charge in [0.15, 0.2) is 0 Å². The summed E-state index contributed by atoms with van der Waals surface area (Å²) in [5.41, 5.74) is 0.